The van der Waals surface area contributed by atoms with Crippen molar-refractivity contribution in [1.29, 1.82) is 0 Å². The Morgan fingerprint density at radius 3 is 2.86 bits per heavy atom. The summed E-state index contributed by atoms with van der Waals surface area (Å²) in [6.07, 6.45) is 0. The van der Waals surface area contributed by atoms with Crippen molar-refractivity contribution in [3.8, 4) is 0 Å². The summed E-state index contributed by atoms with van der Waals surface area (Å²) in [5.41, 5.74) is 1.73. The zero-order chi connectivity index (χ0) is 15.5. The van der Waals surface area contributed by atoms with Crippen LogP contribution in [0.25, 0.3) is 0 Å². The fourth-order valence-electron chi connectivity index (χ4n) is 2.58. The lowest BCUT2D eigenvalue weighted by molar-refractivity contribution is 0.0919. The molecule has 116 valence electrons. The fraction of sp³-hybridized carbons (Fsp3) is 0.588. The highest BCUT2D eigenvalue weighted by atomic mass is 16.1. The zero-order valence-corrected chi connectivity index (χ0v) is 13.6. The summed E-state index contributed by atoms with van der Waals surface area (Å²) in [6.45, 7) is 12.3. The molecule has 0 saturated carbocycles. The number of nitrogens with zero attached hydrogens (tertiary/aromatic N) is 1. The Bertz CT molecular complexity index is 493. The predicted octanol–water partition coefficient (Wildman–Crippen LogP) is 2.01. The standard InChI is InChI=1S/C17H27N3O/c1-13-11-18-8-9-20(13)12-14-6-5-7-15(10-14)16(21)19-17(2,3)4/h5-7,10,13,18H,8-9,11-12H2,1-4H3,(H,19,21)/t13-/m1/s1. The molecule has 1 fully saturated rings. The van der Waals surface area contributed by atoms with Crippen LogP contribution in [0, 0.1) is 0 Å². The largest absolute Gasteiger partial charge is 0.347 e. The number of benzene rings is 1. The molecule has 21 heavy (non-hydrogen) atoms. The normalized spacial score (nSPS) is 20.3. The van der Waals surface area contributed by atoms with Crippen LogP contribution in [-0.2, 0) is 6.54 Å². The van der Waals surface area contributed by atoms with Gasteiger partial charge in [-0.25, -0.2) is 0 Å². The molecule has 1 aliphatic heterocycles. The van der Waals surface area contributed by atoms with Gasteiger partial charge < -0.3 is 10.6 Å². The lowest BCUT2D eigenvalue weighted by atomic mass is 10.1. The van der Waals surface area contributed by atoms with E-state index in [0.717, 1.165) is 31.7 Å². The summed E-state index contributed by atoms with van der Waals surface area (Å²) in [5.74, 6) is -0.00212. The molecule has 4 heteroatoms. The maximum absolute atomic E-state index is 12.2. The number of piperazine rings is 1. The molecule has 0 bridgehead atoms. The maximum atomic E-state index is 12.2. The van der Waals surface area contributed by atoms with Gasteiger partial charge in [0.15, 0.2) is 0 Å². The topological polar surface area (TPSA) is 44.4 Å². The van der Waals surface area contributed by atoms with E-state index in [1.54, 1.807) is 0 Å². The predicted molar refractivity (Wildman–Crippen MR) is 86.4 cm³/mol. The molecular formula is C17H27N3O. The smallest absolute Gasteiger partial charge is 0.251 e. The van der Waals surface area contributed by atoms with Gasteiger partial charge in [-0.1, -0.05) is 12.1 Å². The highest BCUT2D eigenvalue weighted by molar-refractivity contribution is 5.94. The van der Waals surface area contributed by atoms with Gasteiger partial charge in [0.1, 0.15) is 0 Å². The van der Waals surface area contributed by atoms with Crippen molar-refractivity contribution in [2.75, 3.05) is 19.6 Å². The lowest BCUT2D eigenvalue weighted by Crippen LogP contribution is -2.49. The third-order valence-corrected chi connectivity index (χ3v) is 3.70. The molecule has 0 aliphatic carbocycles. The molecule has 2 rings (SSSR count). The average Bonchev–Trinajstić information content (AvgIpc) is 2.40. The van der Waals surface area contributed by atoms with Crippen molar-refractivity contribution in [3.05, 3.63) is 35.4 Å². The molecule has 1 amide bonds. The van der Waals surface area contributed by atoms with Crippen LogP contribution in [0.3, 0.4) is 0 Å². The number of hydrogen-bond acceptors (Lipinski definition) is 3. The van der Waals surface area contributed by atoms with Gasteiger partial charge in [0, 0.05) is 43.3 Å². The number of rotatable bonds is 3. The molecule has 0 radical (unpaired) electrons. The molecule has 1 atom stereocenters. The summed E-state index contributed by atoms with van der Waals surface area (Å²) in [7, 11) is 0. The summed E-state index contributed by atoms with van der Waals surface area (Å²) < 4.78 is 0. The minimum Gasteiger partial charge on any atom is -0.347 e. The number of amides is 1. The van der Waals surface area contributed by atoms with E-state index in [2.05, 4.69) is 28.5 Å². The molecule has 1 aliphatic rings. The van der Waals surface area contributed by atoms with E-state index in [0.29, 0.717) is 6.04 Å². The summed E-state index contributed by atoms with van der Waals surface area (Å²) in [6, 6.07) is 8.50. The molecule has 1 aromatic rings. The van der Waals surface area contributed by atoms with E-state index in [1.807, 2.05) is 39.0 Å². The Labute approximate surface area is 127 Å². The van der Waals surface area contributed by atoms with Gasteiger partial charge in [-0.05, 0) is 45.4 Å². The van der Waals surface area contributed by atoms with Crippen molar-refractivity contribution in [2.24, 2.45) is 0 Å². The van der Waals surface area contributed by atoms with Gasteiger partial charge in [0.2, 0.25) is 0 Å². The number of carbonyl (C=O) groups excluding carboxylic acids is 1. The van der Waals surface area contributed by atoms with Crippen molar-refractivity contribution in [2.45, 2.75) is 45.8 Å². The Kier molecular flexibility index (Phi) is 5.01. The highest BCUT2D eigenvalue weighted by Crippen LogP contribution is 2.13. The summed E-state index contributed by atoms with van der Waals surface area (Å²) in [4.78, 5) is 14.7. The van der Waals surface area contributed by atoms with Crippen LogP contribution in [0.5, 0.6) is 0 Å². The molecule has 4 nitrogen and oxygen atoms in total. The first-order valence-electron chi connectivity index (χ1n) is 7.71. The SMILES string of the molecule is C[C@@H]1CNCCN1Cc1cccc(C(=O)NC(C)(C)C)c1. The zero-order valence-electron chi connectivity index (χ0n) is 13.6. The second-order valence-electron chi connectivity index (χ2n) is 6.93. The second kappa shape index (κ2) is 6.58. The Morgan fingerprint density at radius 1 is 1.43 bits per heavy atom. The second-order valence-corrected chi connectivity index (χ2v) is 6.93. The van der Waals surface area contributed by atoms with Crippen LogP contribution in [0.1, 0.15) is 43.6 Å². The van der Waals surface area contributed by atoms with Gasteiger partial charge in [-0.2, -0.15) is 0 Å². The quantitative estimate of drug-likeness (QED) is 0.894. The maximum Gasteiger partial charge on any atom is 0.251 e. The van der Waals surface area contributed by atoms with E-state index in [9.17, 15) is 4.79 Å². The van der Waals surface area contributed by atoms with Crippen LogP contribution in [-0.4, -0.2) is 42.0 Å². The van der Waals surface area contributed by atoms with E-state index >= 15 is 0 Å². The first kappa shape index (κ1) is 16.0. The third-order valence-electron chi connectivity index (χ3n) is 3.70. The van der Waals surface area contributed by atoms with Gasteiger partial charge in [0.05, 0.1) is 0 Å². The molecule has 1 heterocycles. The lowest BCUT2D eigenvalue weighted by Gasteiger charge is -2.34. The number of carbonyl (C=O) groups is 1. The Morgan fingerprint density at radius 2 is 2.19 bits per heavy atom. The minimum absolute atomic E-state index is 0.00212. The minimum atomic E-state index is -0.208. The Balaban J connectivity index is 2.05. The summed E-state index contributed by atoms with van der Waals surface area (Å²) in [5, 5.41) is 6.41. The molecule has 1 saturated heterocycles. The molecule has 0 unspecified atom stereocenters. The van der Waals surface area contributed by atoms with Crippen LogP contribution in [0.4, 0.5) is 0 Å². The molecular weight excluding hydrogens is 262 g/mol. The van der Waals surface area contributed by atoms with Crippen molar-refractivity contribution in [1.82, 2.24) is 15.5 Å². The van der Waals surface area contributed by atoms with E-state index in [1.165, 1.54) is 5.56 Å². The van der Waals surface area contributed by atoms with E-state index < -0.39 is 0 Å². The van der Waals surface area contributed by atoms with Gasteiger partial charge in [-0.3, -0.25) is 9.69 Å². The Hall–Kier alpha value is -1.39. The monoisotopic (exact) mass is 289 g/mol. The summed E-state index contributed by atoms with van der Waals surface area (Å²) >= 11 is 0. The molecule has 1 aromatic carbocycles. The van der Waals surface area contributed by atoms with Gasteiger partial charge in [-0.15, -0.1) is 0 Å². The van der Waals surface area contributed by atoms with E-state index in [-0.39, 0.29) is 11.4 Å². The number of hydrogen-bond donors (Lipinski definition) is 2. The van der Waals surface area contributed by atoms with Crippen LogP contribution in [0.2, 0.25) is 0 Å². The average molecular weight is 289 g/mol. The number of nitrogens with one attached hydrogen (secondary N) is 2. The van der Waals surface area contributed by atoms with Crippen LogP contribution >= 0.6 is 0 Å². The molecule has 0 aromatic heterocycles. The molecule has 2 N–H and O–H groups in total. The third kappa shape index (κ3) is 4.83. The van der Waals surface area contributed by atoms with Gasteiger partial charge in [0.25, 0.3) is 5.91 Å². The van der Waals surface area contributed by atoms with Gasteiger partial charge >= 0.3 is 0 Å². The first-order valence-corrected chi connectivity index (χ1v) is 7.71. The molecule has 0 spiro atoms. The van der Waals surface area contributed by atoms with Crippen LogP contribution < -0.4 is 10.6 Å². The van der Waals surface area contributed by atoms with Crippen molar-refractivity contribution < 1.29 is 4.79 Å². The van der Waals surface area contributed by atoms with Crippen molar-refractivity contribution in [3.63, 3.8) is 0 Å². The highest BCUT2D eigenvalue weighted by Gasteiger charge is 2.19. The van der Waals surface area contributed by atoms with Crippen molar-refractivity contribution >= 4 is 5.91 Å². The fourth-order valence-corrected chi connectivity index (χ4v) is 2.58. The van der Waals surface area contributed by atoms with E-state index in [4.69, 9.17) is 0 Å². The first-order chi connectivity index (χ1) is 9.85. The van der Waals surface area contributed by atoms with Crippen LogP contribution in [0.15, 0.2) is 24.3 Å².